The van der Waals surface area contributed by atoms with Crippen LogP contribution in [-0.4, -0.2) is 193 Å². The van der Waals surface area contributed by atoms with Crippen LogP contribution in [0.3, 0.4) is 0 Å². The molecule has 0 aromatic rings. The number of carbonyl (C=O) groups is 1. The Morgan fingerprint density at radius 1 is 0.487 bits per heavy atom. The fourth-order valence-corrected chi connectivity index (χ4v) is 9.06. The number of unbranched alkanes of at least 4 members (excludes halogenated alkanes) is 13. The second-order valence-corrected chi connectivity index (χ2v) is 20.0. The van der Waals surface area contributed by atoms with Crippen LogP contribution in [0.2, 0.25) is 0 Å². The Balaban J connectivity index is 1.55. The number of allylic oxidation sites excluding steroid dienone is 11. The van der Waals surface area contributed by atoms with E-state index >= 15 is 0 Å². The average Bonchev–Trinajstić information content (AvgIpc) is 3.41. The number of aliphatic hydroxyl groups excluding tert-OH is 11. The molecule has 0 aromatic carbocycles. The van der Waals surface area contributed by atoms with Gasteiger partial charge in [-0.15, -0.1) is 0 Å². The van der Waals surface area contributed by atoms with Crippen LogP contribution in [0.15, 0.2) is 72.9 Å². The molecule has 0 radical (unpaired) electrons. The fraction of sp³-hybridized carbons (Fsp3) is 0.772. The number of ether oxygens (including phenoxy) is 6. The van der Waals surface area contributed by atoms with E-state index in [0.29, 0.717) is 12.8 Å². The van der Waals surface area contributed by atoms with Crippen LogP contribution >= 0.6 is 0 Å². The third kappa shape index (κ3) is 24.7. The zero-order chi connectivity index (χ0) is 55.5. The molecule has 3 fully saturated rings. The van der Waals surface area contributed by atoms with E-state index in [0.717, 1.165) is 89.9 Å². The fourth-order valence-electron chi connectivity index (χ4n) is 9.06. The standard InChI is InChI=1S/C57H97NO18/c1-3-5-7-9-11-13-15-17-19-20-21-23-25-27-29-31-33-35-45(63)58-40(41(62)34-32-30-28-26-24-22-18-16-14-12-10-8-6-4-2)39-71-55-51(69)48(66)53(43(37-60)73-55)76-57-52(70)49(67)54(44(38-61)74-57)75-56-50(68)47(65)46(64)42(36-59)72-56/h5,7,11,13-14,16-17,19,24,26,32,34,40-44,46-57,59-62,64-70H,3-4,6,8-10,12,15,18,20-23,25,27-31,33,35-39H2,1-2H3,(H,58,63)/b7-5-,13-11-,16-14+,19-17-,26-24+,34-32+. The van der Waals surface area contributed by atoms with Gasteiger partial charge in [-0.1, -0.05) is 138 Å². The number of rotatable bonds is 39. The van der Waals surface area contributed by atoms with Gasteiger partial charge in [0.2, 0.25) is 5.91 Å². The van der Waals surface area contributed by atoms with Crippen molar-refractivity contribution in [3.63, 3.8) is 0 Å². The minimum absolute atomic E-state index is 0.217. The van der Waals surface area contributed by atoms with Crippen molar-refractivity contribution in [2.75, 3.05) is 26.4 Å². The Kier molecular flexibility index (Phi) is 35.9. The predicted octanol–water partition coefficient (Wildman–Crippen LogP) is 3.87. The molecular formula is C57H97NO18. The smallest absolute Gasteiger partial charge is 0.220 e. The van der Waals surface area contributed by atoms with Gasteiger partial charge in [-0.25, -0.2) is 0 Å². The van der Waals surface area contributed by atoms with Gasteiger partial charge >= 0.3 is 0 Å². The molecule has 19 heteroatoms. The van der Waals surface area contributed by atoms with Gasteiger partial charge in [-0.3, -0.25) is 4.79 Å². The van der Waals surface area contributed by atoms with Gasteiger partial charge in [-0.2, -0.15) is 0 Å². The summed E-state index contributed by atoms with van der Waals surface area (Å²) < 4.78 is 34.1. The van der Waals surface area contributed by atoms with Crippen LogP contribution in [0.25, 0.3) is 0 Å². The van der Waals surface area contributed by atoms with Crippen molar-refractivity contribution >= 4 is 5.91 Å². The van der Waals surface area contributed by atoms with E-state index in [1.807, 2.05) is 6.08 Å². The summed E-state index contributed by atoms with van der Waals surface area (Å²) >= 11 is 0. The number of hydrogen-bond acceptors (Lipinski definition) is 18. The van der Waals surface area contributed by atoms with E-state index in [-0.39, 0.29) is 18.9 Å². The van der Waals surface area contributed by atoms with Crippen LogP contribution in [-0.2, 0) is 33.2 Å². The lowest BCUT2D eigenvalue weighted by Crippen LogP contribution is -2.66. The second kappa shape index (κ2) is 40.4. The number of hydrogen-bond donors (Lipinski definition) is 12. The van der Waals surface area contributed by atoms with Crippen LogP contribution in [0, 0.1) is 0 Å². The molecule has 12 N–H and O–H groups in total. The van der Waals surface area contributed by atoms with Crippen molar-refractivity contribution in [2.45, 2.75) is 253 Å². The highest BCUT2D eigenvalue weighted by molar-refractivity contribution is 5.76. The topological polar surface area (TPSA) is 307 Å². The summed E-state index contributed by atoms with van der Waals surface area (Å²) in [4.78, 5) is 13.3. The molecule has 17 unspecified atom stereocenters. The number of carbonyl (C=O) groups excluding carboxylic acids is 1. The van der Waals surface area contributed by atoms with Gasteiger partial charge < -0.3 is 89.9 Å². The highest BCUT2D eigenvalue weighted by atomic mass is 16.8. The second-order valence-electron chi connectivity index (χ2n) is 20.0. The van der Waals surface area contributed by atoms with Crippen molar-refractivity contribution in [2.24, 2.45) is 0 Å². The molecule has 0 bridgehead atoms. The Bertz CT molecular complexity index is 1670. The molecule has 19 nitrogen and oxygen atoms in total. The molecule has 0 aromatic heterocycles. The Morgan fingerprint density at radius 3 is 1.47 bits per heavy atom. The van der Waals surface area contributed by atoms with E-state index in [9.17, 15) is 61.0 Å². The van der Waals surface area contributed by atoms with Gasteiger partial charge in [0.05, 0.1) is 38.6 Å². The summed E-state index contributed by atoms with van der Waals surface area (Å²) in [5.74, 6) is -0.305. The molecule has 0 spiro atoms. The van der Waals surface area contributed by atoms with E-state index in [4.69, 9.17) is 28.4 Å². The minimum atomic E-state index is -1.98. The number of nitrogens with one attached hydrogen (secondary N) is 1. The number of aliphatic hydroxyl groups is 11. The first-order valence-corrected chi connectivity index (χ1v) is 28.2. The zero-order valence-electron chi connectivity index (χ0n) is 45.2. The van der Waals surface area contributed by atoms with Crippen LogP contribution in [0.1, 0.15) is 149 Å². The minimum Gasteiger partial charge on any atom is -0.394 e. The highest BCUT2D eigenvalue weighted by Gasteiger charge is 2.53. The molecule has 1 amide bonds. The molecule has 17 atom stereocenters. The average molecular weight is 1080 g/mol. The zero-order valence-corrected chi connectivity index (χ0v) is 45.2. The molecule has 438 valence electrons. The third-order valence-electron chi connectivity index (χ3n) is 13.7. The molecular weight excluding hydrogens is 987 g/mol. The lowest BCUT2D eigenvalue weighted by atomic mass is 9.96. The van der Waals surface area contributed by atoms with Crippen molar-refractivity contribution in [1.29, 1.82) is 0 Å². The summed E-state index contributed by atoms with van der Waals surface area (Å²) in [6.07, 6.45) is 18.9. The maximum Gasteiger partial charge on any atom is 0.220 e. The maximum atomic E-state index is 13.3. The van der Waals surface area contributed by atoms with Gasteiger partial charge in [0, 0.05) is 6.42 Å². The van der Waals surface area contributed by atoms with Crippen molar-refractivity contribution in [3.8, 4) is 0 Å². The Hall–Kier alpha value is -2.77. The van der Waals surface area contributed by atoms with E-state index < -0.39 is 124 Å². The van der Waals surface area contributed by atoms with Gasteiger partial charge in [0.1, 0.15) is 73.2 Å². The van der Waals surface area contributed by atoms with Gasteiger partial charge in [0.25, 0.3) is 0 Å². The third-order valence-corrected chi connectivity index (χ3v) is 13.7. The van der Waals surface area contributed by atoms with Crippen molar-refractivity contribution in [3.05, 3.63) is 72.9 Å². The summed E-state index contributed by atoms with van der Waals surface area (Å²) in [6.45, 7) is 1.51. The van der Waals surface area contributed by atoms with E-state index in [2.05, 4.69) is 79.9 Å². The monoisotopic (exact) mass is 1080 g/mol. The molecule has 0 aliphatic carbocycles. The lowest BCUT2D eigenvalue weighted by molar-refractivity contribution is -0.379. The largest absolute Gasteiger partial charge is 0.394 e. The summed E-state index contributed by atoms with van der Waals surface area (Å²) in [5, 5.41) is 120. The van der Waals surface area contributed by atoms with Crippen molar-refractivity contribution < 1.29 is 89.4 Å². The van der Waals surface area contributed by atoms with Crippen LogP contribution < -0.4 is 5.32 Å². The van der Waals surface area contributed by atoms with Crippen molar-refractivity contribution in [1.82, 2.24) is 5.32 Å². The summed E-state index contributed by atoms with van der Waals surface area (Å²) in [6, 6.07) is -1.00. The van der Waals surface area contributed by atoms with Crippen LogP contribution in [0.4, 0.5) is 0 Å². The predicted molar refractivity (Wildman–Crippen MR) is 286 cm³/mol. The first-order chi connectivity index (χ1) is 36.8. The lowest BCUT2D eigenvalue weighted by Gasteiger charge is -2.48. The molecule has 3 rings (SSSR count). The van der Waals surface area contributed by atoms with Gasteiger partial charge in [0.15, 0.2) is 18.9 Å². The molecule has 3 aliphatic heterocycles. The number of amides is 1. The molecule has 3 heterocycles. The molecule has 0 saturated carbocycles. The van der Waals surface area contributed by atoms with Crippen LogP contribution in [0.5, 0.6) is 0 Å². The molecule has 3 aliphatic rings. The first kappa shape index (κ1) is 67.5. The summed E-state index contributed by atoms with van der Waals surface area (Å²) in [7, 11) is 0. The van der Waals surface area contributed by atoms with E-state index in [1.165, 1.54) is 25.7 Å². The molecule has 3 saturated heterocycles. The SMILES string of the molecule is CC/C=C\C/C=C\C/C=C\CCCCCCCCCC(=O)NC(COC1OC(CO)C(OC2OC(CO)C(OC3OC(CO)C(O)C(O)C3O)C(O)C2O)C(O)C1O)C(O)/C=C/CC/C=C/CC/C=C/CCCCCC. The molecule has 76 heavy (non-hydrogen) atoms. The van der Waals surface area contributed by atoms with Gasteiger partial charge in [-0.05, 0) is 77.0 Å². The maximum absolute atomic E-state index is 13.3. The normalized spacial score (nSPS) is 31.5. The summed E-state index contributed by atoms with van der Waals surface area (Å²) in [5.41, 5.74) is 0. The quantitative estimate of drug-likeness (QED) is 0.0307. The Morgan fingerprint density at radius 2 is 0.921 bits per heavy atom. The first-order valence-electron chi connectivity index (χ1n) is 28.2. The van der Waals surface area contributed by atoms with E-state index in [1.54, 1.807) is 6.08 Å². The Labute approximate surface area is 451 Å². The highest BCUT2D eigenvalue weighted by Crippen LogP contribution is 2.33.